The number of hydrogen-bond donors (Lipinski definition) is 2. The maximum absolute atomic E-state index is 11.4. The molecule has 0 unspecified atom stereocenters. The monoisotopic (exact) mass is 229 g/mol. The average Bonchev–Trinajstić information content (AvgIpc) is 2.16. The third kappa shape index (κ3) is 2.48. The Morgan fingerprint density at radius 1 is 1.25 bits per heavy atom. The lowest BCUT2D eigenvalue weighted by Crippen LogP contribution is -2.62. The highest BCUT2D eigenvalue weighted by atomic mass is 16.4. The molecule has 0 atom stereocenters. The van der Waals surface area contributed by atoms with Crippen molar-refractivity contribution in [3.63, 3.8) is 0 Å². The van der Waals surface area contributed by atoms with Gasteiger partial charge in [-0.1, -0.05) is 19.3 Å². The van der Waals surface area contributed by atoms with E-state index in [9.17, 15) is 15.0 Å². The van der Waals surface area contributed by atoms with Crippen molar-refractivity contribution >= 4 is 6.09 Å². The number of nitrogens with zero attached hydrogens (tertiary/aromatic N) is 1. The van der Waals surface area contributed by atoms with Crippen LogP contribution in [0.25, 0.3) is 0 Å². The maximum Gasteiger partial charge on any atom is 0.408 e. The molecule has 94 valence electrons. The zero-order chi connectivity index (χ0) is 12.4. The summed E-state index contributed by atoms with van der Waals surface area (Å²) in [7, 11) is 0. The van der Waals surface area contributed by atoms with E-state index >= 15 is 0 Å². The number of hydrogen-bond acceptors (Lipinski definition) is 2. The van der Waals surface area contributed by atoms with E-state index in [4.69, 9.17) is 0 Å². The zero-order valence-corrected chi connectivity index (χ0v) is 10.5. The predicted molar refractivity (Wildman–Crippen MR) is 62.5 cm³/mol. The first kappa shape index (κ1) is 13.3. The Kier molecular flexibility index (Phi) is 3.84. The standard InChI is InChI=1S/C12H23NO3/c1-11(2,3)13(10(15)16)12(9-14)7-5-4-6-8-12/h14H,4-9H2,1-3H3,(H,15,16). The van der Waals surface area contributed by atoms with E-state index in [1.165, 1.54) is 4.90 Å². The molecular formula is C12H23NO3. The molecule has 1 fully saturated rings. The molecular weight excluding hydrogens is 206 g/mol. The minimum Gasteiger partial charge on any atom is -0.465 e. The lowest BCUT2D eigenvalue weighted by Gasteiger charge is -2.50. The third-order valence-electron chi connectivity index (χ3n) is 3.42. The van der Waals surface area contributed by atoms with Crippen molar-refractivity contribution in [2.75, 3.05) is 6.61 Å². The van der Waals surface area contributed by atoms with E-state index in [0.29, 0.717) is 0 Å². The number of rotatable bonds is 2. The summed E-state index contributed by atoms with van der Waals surface area (Å²) in [5.74, 6) is 0. The Hall–Kier alpha value is -0.770. The molecule has 0 spiro atoms. The van der Waals surface area contributed by atoms with Crippen molar-refractivity contribution in [2.24, 2.45) is 0 Å². The Morgan fingerprint density at radius 2 is 1.75 bits per heavy atom. The van der Waals surface area contributed by atoms with Crippen LogP contribution in [0.15, 0.2) is 0 Å². The van der Waals surface area contributed by atoms with Gasteiger partial charge >= 0.3 is 6.09 Å². The zero-order valence-electron chi connectivity index (χ0n) is 10.5. The molecule has 1 amide bonds. The fourth-order valence-corrected chi connectivity index (χ4v) is 2.86. The van der Waals surface area contributed by atoms with Crippen LogP contribution in [0.5, 0.6) is 0 Å². The first-order chi connectivity index (χ1) is 7.33. The average molecular weight is 229 g/mol. The summed E-state index contributed by atoms with van der Waals surface area (Å²) in [4.78, 5) is 12.9. The van der Waals surface area contributed by atoms with Gasteiger partial charge in [0.25, 0.3) is 0 Å². The van der Waals surface area contributed by atoms with Crippen molar-refractivity contribution in [3.8, 4) is 0 Å². The molecule has 0 bridgehead atoms. The molecule has 16 heavy (non-hydrogen) atoms. The van der Waals surface area contributed by atoms with Gasteiger partial charge in [0.15, 0.2) is 0 Å². The molecule has 4 heteroatoms. The summed E-state index contributed by atoms with van der Waals surface area (Å²) >= 11 is 0. The van der Waals surface area contributed by atoms with Crippen LogP contribution in [-0.2, 0) is 0 Å². The minimum atomic E-state index is -0.927. The van der Waals surface area contributed by atoms with E-state index in [2.05, 4.69) is 0 Å². The fourth-order valence-electron chi connectivity index (χ4n) is 2.86. The number of amides is 1. The Bertz CT molecular complexity index is 251. The van der Waals surface area contributed by atoms with Gasteiger partial charge in [0.05, 0.1) is 12.1 Å². The lowest BCUT2D eigenvalue weighted by atomic mass is 9.79. The summed E-state index contributed by atoms with van der Waals surface area (Å²) in [6.45, 7) is 5.57. The molecule has 0 saturated heterocycles. The van der Waals surface area contributed by atoms with Crippen LogP contribution in [0.2, 0.25) is 0 Å². The third-order valence-corrected chi connectivity index (χ3v) is 3.42. The lowest BCUT2D eigenvalue weighted by molar-refractivity contribution is -0.0358. The van der Waals surface area contributed by atoms with Crippen LogP contribution in [0.3, 0.4) is 0 Å². The van der Waals surface area contributed by atoms with Gasteiger partial charge < -0.3 is 10.2 Å². The van der Waals surface area contributed by atoms with E-state index in [1.54, 1.807) is 0 Å². The molecule has 0 radical (unpaired) electrons. The Morgan fingerprint density at radius 3 is 2.06 bits per heavy atom. The molecule has 2 N–H and O–H groups in total. The van der Waals surface area contributed by atoms with Gasteiger partial charge in [0.1, 0.15) is 0 Å². The number of carboxylic acid groups (broad SMARTS) is 1. The van der Waals surface area contributed by atoms with Gasteiger partial charge in [0.2, 0.25) is 0 Å². The van der Waals surface area contributed by atoms with Crippen molar-refractivity contribution in [3.05, 3.63) is 0 Å². The highest BCUT2D eigenvalue weighted by Crippen LogP contribution is 2.37. The van der Waals surface area contributed by atoms with E-state index < -0.39 is 17.2 Å². The Balaban J connectivity index is 3.02. The molecule has 1 saturated carbocycles. The molecule has 0 heterocycles. The topological polar surface area (TPSA) is 60.8 Å². The van der Waals surface area contributed by atoms with Crippen LogP contribution < -0.4 is 0 Å². The summed E-state index contributed by atoms with van der Waals surface area (Å²) < 4.78 is 0. The van der Waals surface area contributed by atoms with E-state index in [-0.39, 0.29) is 6.61 Å². The van der Waals surface area contributed by atoms with Crippen LogP contribution in [-0.4, -0.2) is 38.9 Å². The SMILES string of the molecule is CC(C)(C)N(C(=O)O)C1(CO)CCCCC1. The summed E-state index contributed by atoms with van der Waals surface area (Å²) in [6.07, 6.45) is 3.75. The van der Waals surface area contributed by atoms with Gasteiger partial charge in [-0.15, -0.1) is 0 Å². The fraction of sp³-hybridized carbons (Fsp3) is 0.917. The minimum absolute atomic E-state index is 0.0728. The maximum atomic E-state index is 11.4. The molecule has 0 aromatic heterocycles. The smallest absolute Gasteiger partial charge is 0.408 e. The highest BCUT2D eigenvalue weighted by Gasteiger charge is 2.45. The summed E-state index contributed by atoms with van der Waals surface area (Å²) in [5.41, 5.74) is -1.03. The van der Waals surface area contributed by atoms with Crippen molar-refractivity contribution < 1.29 is 15.0 Å². The second-order valence-corrected chi connectivity index (χ2v) is 5.73. The molecule has 0 aliphatic heterocycles. The largest absolute Gasteiger partial charge is 0.465 e. The predicted octanol–water partition coefficient (Wildman–Crippen LogP) is 2.46. The molecule has 1 rings (SSSR count). The van der Waals surface area contributed by atoms with E-state index in [0.717, 1.165) is 32.1 Å². The van der Waals surface area contributed by atoms with Gasteiger partial charge in [-0.2, -0.15) is 0 Å². The van der Waals surface area contributed by atoms with Crippen molar-refractivity contribution in [2.45, 2.75) is 64.0 Å². The first-order valence-corrected chi connectivity index (χ1v) is 5.98. The van der Waals surface area contributed by atoms with Crippen LogP contribution in [0.4, 0.5) is 4.79 Å². The molecule has 1 aliphatic carbocycles. The molecule has 0 aromatic rings. The quantitative estimate of drug-likeness (QED) is 0.764. The van der Waals surface area contributed by atoms with Crippen molar-refractivity contribution in [1.29, 1.82) is 0 Å². The van der Waals surface area contributed by atoms with Gasteiger partial charge in [-0.3, -0.25) is 4.90 Å². The first-order valence-electron chi connectivity index (χ1n) is 5.98. The number of aliphatic hydroxyl groups excluding tert-OH is 1. The van der Waals surface area contributed by atoms with E-state index in [1.807, 2.05) is 20.8 Å². The normalized spacial score (nSPS) is 20.5. The van der Waals surface area contributed by atoms with Gasteiger partial charge in [-0.25, -0.2) is 4.79 Å². The molecule has 0 aromatic carbocycles. The van der Waals surface area contributed by atoms with Crippen LogP contribution in [0.1, 0.15) is 52.9 Å². The van der Waals surface area contributed by atoms with Crippen LogP contribution >= 0.6 is 0 Å². The summed E-state index contributed by atoms with van der Waals surface area (Å²) in [5, 5.41) is 19.0. The second-order valence-electron chi connectivity index (χ2n) is 5.73. The van der Waals surface area contributed by atoms with Crippen molar-refractivity contribution in [1.82, 2.24) is 4.90 Å². The molecule has 1 aliphatic rings. The summed E-state index contributed by atoms with van der Waals surface area (Å²) in [6, 6.07) is 0. The highest BCUT2D eigenvalue weighted by molar-refractivity contribution is 5.67. The van der Waals surface area contributed by atoms with Gasteiger partial charge in [0, 0.05) is 5.54 Å². The van der Waals surface area contributed by atoms with Gasteiger partial charge in [-0.05, 0) is 33.6 Å². The van der Waals surface area contributed by atoms with Crippen LogP contribution in [0, 0.1) is 0 Å². The second kappa shape index (κ2) is 4.62. The number of carbonyl (C=O) groups is 1. The number of aliphatic hydroxyl groups is 1. The Labute approximate surface area is 97.3 Å². The molecule has 4 nitrogen and oxygen atoms in total.